The number of rotatable bonds is 8. The first kappa shape index (κ1) is 17.7. The summed E-state index contributed by atoms with van der Waals surface area (Å²) in [5, 5.41) is 6.83. The third-order valence-electron chi connectivity index (χ3n) is 3.50. The first-order valence-electron chi connectivity index (χ1n) is 8.04. The third-order valence-corrected chi connectivity index (χ3v) is 3.50. The summed E-state index contributed by atoms with van der Waals surface area (Å²) in [6.07, 6.45) is 5.14. The molecular weight excluding hydrogens is 306 g/mol. The highest BCUT2D eigenvalue weighted by Crippen LogP contribution is 2.09. The Labute approximate surface area is 141 Å². The number of carbonyl (C=O) groups excluding carboxylic acids is 2. The Morgan fingerprint density at radius 2 is 2.12 bits per heavy atom. The summed E-state index contributed by atoms with van der Waals surface area (Å²) in [4.78, 5) is 22.7. The van der Waals surface area contributed by atoms with Crippen molar-refractivity contribution in [3.8, 4) is 0 Å². The van der Waals surface area contributed by atoms with Crippen molar-refractivity contribution in [2.45, 2.75) is 46.3 Å². The summed E-state index contributed by atoms with van der Waals surface area (Å²) in [7, 11) is 0. The van der Waals surface area contributed by atoms with Crippen LogP contribution < -0.4 is 5.32 Å². The number of nitrogens with zero attached hydrogens (tertiary/aromatic N) is 2. The number of Topliss-reactive ketones (excluding diaryl/α,β-unsaturated/α-hetero) is 1. The first-order valence-corrected chi connectivity index (χ1v) is 8.04. The van der Waals surface area contributed by atoms with E-state index in [1.54, 1.807) is 24.0 Å². The maximum absolute atomic E-state index is 11.8. The molecule has 2 rings (SSSR count). The van der Waals surface area contributed by atoms with Gasteiger partial charge in [0.25, 0.3) is 0 Å². The van der Waals surface area contributed by atoms with Crippen molar-refractivity contribution in [2.24, 2.45) is 0 Å². The predicted octanol–water partition coefficient (Wildman–Crippen LogP) is 3.70. The van der Waals surface area contributed by atoms with E-state index in [0.717, 1.165) is 24.0 Å². The van der Waals surface area contributed by atoms with E-state index >= 15 is 0 Å². The molecule has 0 atom stereocenters. The average Bonchev–Trinajstić information content (AvgIpc) is 2.97. The van der Waals surface area contributed by atoms with E-state index in [1.807, 2.05) is 31.2 Å². The van der Waals surface area contributed by atoms with Crippen LogP contribution in [0.1, 0.15) is 37.3 Å². The Kier molecular flexibility index (Phi) is 6.54. The Hall–Kier alpha value is -2.63. The van der Waals surface area contributed by atoms with Crippen molar-refractivity contribution < 1.29 is 14.3 Å². The fourth-order valence-corrected chi connectivity index (χ4v) is 2.30. The molecule has 6 nitrogen and oxygen atoms in total. The molecule has 0 fully saturated rings. The van der Waals surface area contributed by atoms with Crippen molar-refractivity contribution in [1.29, 1.82) is 0 Å². The van der Waals surface area contributed by atoms with Crippen LogP contribution in [0.15, 0.2) is 36.7 Å². The highest BCUT2D eigenvalue weighted by molar-refractivity contribution is 5.84. The molecule has 0 bridgehead atoms. The van der Waals surface area contributed by atoms with Crippen molar-refractivity contribution in [2.75, 3.05) is 5.32 Å². The van der Waals surface area contributed by atoms with Gasteiger partial charge in [-0.2, -0.15) is 5.10 Å². The molecule has 0 radical (unpaired) electrons. The van der Waals surface area contributed by atoms with E-state index in [1.165, 1.54) is 0 Å². The van der Waals surface area contributed by atoms with Crippen LogP contribution in [-0.4, -0.2) is 21.7 Å². The minimum atomic E-state index is -0.507. The number of benzene rings is 1. The average molecular weight is 329 g/mol. The number of unbranched alkanes of at least 4 members (excludes halogenated alkanes) is 1. The first-order chi connectivity index (χ1) is 11.5. The summed E-state index contributed by atoms with van der Waals surface area (Å²) in [5.74, 6) is 0.203. The molecule has 1 aromatic heterocycles. The van der Waals surface area contributed by atoms with Crippen molar-refractivity contribution in [3.63, 3.8) is 0 Å². The molecule has 0 aliphatic heterocycles. The molecule has 2 aromatic rings. The SMILES string of the molecule is CC(=O)CCCCn1cc(NC(=O)OCc2cccc(C)c2)cn1. The normalized spacial score (nSPS) is 10.4. The summed E-state index contributed by atoms with van der Waals surface area (Å²) < 4.78 is 6.94. The number of carbonyl (C=O) groups is 2. The molecule has 0 aliphatic rings. The van der Waals surface area contributed by atoms with E-state index in [9.17, 15) is 9.59 Å². The van der Waals surface area contributed by atoms with Crippen molar-refractivity contribution in [3.05, 3.63) is 47.8 Å². The molecule has 1 aromatic carbocycles. The zero-order valence-electron chi connectivity index (χ0n) is 14.1. The molecule has 1 N–H and O–H groups in total. The highest BCUT2D eigenvalue weighted by Gasteiger charge is 2.06. The number of nitrogens with one attached hydrogen (secondary N) is 1. The Morgan fingerprint density at radius 1 is 1.29 bits per heavy atom. The van der Waals surface area contributed by atoms with Crippen LogP contribution in [0.2, 0.25) is 0 Å². The fraction of sp³-hybridized carbons (Fsp3) is 0.389. The van der Waals surface area contributed by atoms with E-state index in [0.29, 0.717) is 18.7 Å². The van der Waals surface area contributed by atoms with Gasteiger partial charge >= 0.3 is 6.09 Å². The smallest absolute Gasteiger partial charge is 0.412 e. The zero-order chi connectivity index (χ0) is 17.4. The molecule has 0 unspecified atom stereocenters. The Bertz CT molecular complexity index is 694. The second-order valence-corrected chi connectivity index (χ2v) is 5.84. The van der Waals surface area contributed by atoms with Gasteiger partial charge in [-0.3, -0.25) is 10.00 Å². The lowest BCUT2D eigenvalue weighted by Crippen LogP contribution is -2.13. The molecule has 24 heavy (non-hydrogen) atoms. The number of anilines is 1. The Morgan fingerprint density at radius 3 is 2.88 bits per heavy atom. The maximum atomic E-state index is 11.8. The number of amides is 1. The predicted molar refractivity (Wildman–Crippen MR) is 91.7 cm³/mol. The van der Waals surface area contributed by atoms with Crippen LogP contribution in [0.25, 0.3) is 0 Å². The molecule has 0 saturated heterocycles. The van der Waals surface area contributed by atoms with Crippen molar-refractivity contribution in [1.82, 2.24) is 9.78 Å². The fourth-order valence-electron chi connectivity index (χ4n) is 2.30. The number of aromatic nitrogens is 2. The van der Waals surface area contributed by atoms with Gasteiger partial charge in [-0.15, -0.1) is 0 Å². The van der Waals surface area contributed by atoms with Crippen LogP contribution in [0.3, 0.4) is 0 Å². The largest absolute Gasteiger partial charge is 0.444 e. The third kappa shape index (κ3) is 6.24. The van der Waals surface area contributed by atoms with Gasteiger partial charge < -0.3 is 9.53 Å². The molecule has 0 saturated carbocycles. The van der Waals surface area contributed by atoms with Gasteiger partial charge in [-0.1, -0.05) is 29.8 Å². The molecule has 1 heterocycles. The molecule has 6 heteroatoms. The van der Waals surface area contributed by atoms with Gasteiger partial charge in [0.15, 0.2) is 0 Å². The lowest BCUT2D eigenvalue weighted by molar-refractivity contribution is -0.117. The summed E-state index contributed by atoms with van der Waals surface area (Å²) in [6.45, 7) is 4.53. The maximum Gasteiger partial charge on any atom is 0.412 e. The molecule has 0 aliphatic carbocycles. The quantitative estimate of drug-likeness (QED) is 0.749. The van der Waals surface area contributed by atoms with Gasteiger partial charge in [0.2, 0.25) is 0 Å². The second kappa shape index (κ2) is 8.86. The molecule has 1 amide bonds. The van der Waals surface area contributed by atoms with Crippen LogP contribution >= 0.6 is 0 Å². The van der Waals surface area contributed by atoms with Crippen LogP contribution in [0.4, 0.5) is 10.5 Å². The summed E-state index contributed by atoms with van der Waals surface area (Å²) >= 11 is 0. The van der Waals surface area contributed by atoms with Crippen LogP contribution in [0.5, 0.6) is 0 Å². The van der Waals surface area contributed by atoms with Gasteiger partial charge in [-0.25, -0.2) is 4.79 Å². The van der Waals surface area contributed by atoms with E-state index < -0.39 is 6.09 Å². The van der Waals surface area contributed by atoms with Crippen molar-refractivity contribution >= 4 is 17.6 Å². The standard InChI is InChI=1S/C18H23N3O3/c1-14-6-5-8-16(10-14)13-24-18(23)20-17-11-19-21(12-17)9-4-3-7-15(2)22/h5-6,8,10-12H,3-4,7,9,13H2,1-2H3,(H,20,23). The monoisotopic (exact) mass is 329 g/mol. The number of hydrogen-bond donors (Lipinski definition) is 1. The van der Waals surface area contributed by atoms with E-state index in [4.69, 9.17) is 4.74 Å². The minimum absolute atomic E-state index is 0.203. The topological polar surface area (TPSA) is 73.2 Å². The molecule has 0 spiro atoms. The summed E-state index contributed by atoms with van der Waals surface area (Å²) in [6, 6.07) is 7.82. The molecular formula is C18H23N3O3. The summed E-state index contributed by atoms with van der Waals surface area (Å²) in [5.41, 5.74) is 2.67. The molecule has 128 valence electrons. The van der Waals surface area contributed by atoms with Crippen LogP contribution in [0, 0.1) is 6.92 Å². The van der Waals surface area contributed by atoms with Gasteiger partial charge in [0.05, 0.1) is 11.9 Å². The van der Waals surface area contributed by atoms with Gasteiger partial charge in [-0.05, 0) is 32.3 Å². The van der Waals surface area contributed by atoms with E-state index in [-0.39, 0.29) is 12.4 Å². The number of ether oxygens (including phenoxy) is 1. The lowest BCUT2D eigenvalue weighted by Gasteiger charge is -2.06. The number of hydrogen-bond acceptors (Lipinski definition) is 4. The van der Waals surface area contributed by atoms with Gasteiger partial charge in [0.1, 0.15) is 12.4 Å². The zero-order valence-corrected chi connectivity index (χ0v) is 14.1. The minimum Gasteiger partial charge on any atom is -0.444 e. The lowest BCUT2D eigenvalue weighted by atomic mass is 10.1. The van der Waals surface area contributed by atoms with E-state index in [2.05, 4.69) is 10.4 Å². The van der Waals surface area contributed by atoms with Crippen LogP contribution in [-0.2, 0) is 22.7 Å². The number of aryl methyl sites for hydroxylation is 2. The Balaban J connectivity index is 1.73. The second-order valence-electron chi connectivity index (χ2n) is 5.84. The number of ketones is 1. The van der Waals surface area contributed by atoms with Gasteiger partial charge in [0, 0.05) is 19.2 Å². The highest BCUT2D eigenvalue weighted by atomic mass is 16.5.